The van der Waals surface area contributed by atoms with Crippen LogP contribution in [0.15, 0.2) is 33.2 Å². The summed E-state index contributed by atoms with van der Waals surface area (Å²) in [5.74, 6) is -0.312. The van der Waals surface area contributed by atoms with Crippen LogP contribution in [-0.2, 0) is 11.3 Å². The topological polar surface area (TPSA) is 86.0 Å². The number of fused-ring (bicyclic) bond motifs is 1. The fourth-order valence-corrected chi connectivity index (χ4v) is 3.77. The summed E-state index contributed by atoms with van der Waals surface area (Å²) in [6.45, 7) is 3.75. The van der Waals surface area contributed by atoms with Crippen molar-refractivity contribution in [1.82, 2.24) is 13.5 Å². The zero-order chi connectivity index (χ0) is 18.4. The van der Waals surface area contributed by atoms with Gasteiger partial charge in [0.1, 0.15) is 6.54 Å². The molecule has 1 aliphatic rings. The molecule has 134 valence electrons. The van der Waals surface area contributed by atoms with E-state index < -0.39 is 5.69 Å². The van der Waals surface area contributed by atoms with Gasteiger partial charge in [-0.2, -0.15) is 4.37 Å². The number of benzene rings is 1. The van der Waals surface area contributed by atoms with Crippen molar-refractivity contribution in [3.8, 4) is 0 Å². The number of rotatable bonds is 4. The molecule has 0 atom stereocenters. The second-order valence-electron chi connectivity index (χ2n) is 6.69. The summed E-state index contributed by atoms with van der Waals surface area (Å²) < 4.78 is 6.71. The zero-order valence-corrected chi connectivity index (χ0v) is 15.3. The van der Waals surface area contributed by atoms with Gasteiger partial charge in [0.2, 0.25) is 5.91 Å². The van der Waals surface area contributed by atoms with Crippen molar-refractivity contribution in [3.63, 3.8) is 0 Å². The molecule has 1 fully saturated rings. The van der Waals surface area contributed by atoms with Gasteiger partial charge in [-0.25, -0.2) is 4.79 Å². The molecule has 0 radical (unpaired) electrons. The molecule has 0 saturated heterocycles. The van der Waals surface area contributed by atoms with Crippen molar-refractivity contribution in [2.75, 3.05) is 5.32 Å². The lowest BCUT2D eigenvalue weighted by atomic mass is 10.1. The molecule has 0 spiro atoms. The first kappa shape index (κ1) is 16.7. The molecular weight excluding hydrogens is 352 g/mol. The minimum Gasteiger partial charge on any atom is -0.324 e. The van der Waals surface area contributed by atoms with Gasteiger partial charge in [-0.15, -0.1) is 0 Å². The first-order chi connectivity index (χ1) is 12.5. The Morgan fingerprint density at radius 2 is 2.08 bits per heavy atom. The smallest absolute Gasteiger partial charge is 0.324 e. The van der Waals surface area contributed by atoms with Gasteiger partial charge in [-0.3, -0.25) is 18.7 Å². The van der Waals surface area contributed by atoms with Crippen molar-refractivity contribution in [2.24, 2.45) is 0 Å². The summed E-state index contributed by atoms with van der Waals surface area (Å²) in [5, 5.41) is 4.48. The van der Waals surface area contributed by atoms with E-state index in [0.29, 0.717) is 11.2 Å². The second-order valence-corrected chi connectivity index (χ2v) is 7.32. The van der Waals surface area contributed by atoms with Crippen LogP contribution in [0.3, 0.4) is 0 Å². The highest BCUT2D eigenvalue weighted by molar-refractivity contribution is 7.04. The van der Waals surface area contributed by atoms with Crippen LogP contribution in [0, 0.1) is 13.8 Å². The Hall–Kier alpha value is -2.74. The molecule has 4 rings (SSSR count). The maximum Gasteiger partial charge on any atom is 0.332 e. The van der Waals surface area contributed by atoms with Crippen molar-refractivity contribution in [1.29, 1.82) is 0 Å². The molecule has 7 nitrogen and oxygen atoms in total. The van der Waals surface area contributed by atoms with E-state index in [9.17, 15) is 14.4 Å². The lowest BCUT2D eigenvalue weighted by molar-refractivity contribution is -0.116. The summed E-state index contributed by atoms with van der Waals surface area (Å²) in [5.41, 5.74) is 2.64. The van der Waals surface area contributed by atoms with Gasteiger partial charge in [0.05, 0.1) is 5.52 Å². The predicted octanol–water partition coefficient (Wildman–Crippen LogP) is 2.21. The molecule has 0 aliphatic heterocycles. The molecule has 26 heavy (non-hydrogen) atoms. The summed E-state index contributed by atoms with van der Waals surface area (Å²) in [6, 6.07) is 5.67. The molecule has 1 amide bonds. The number of carbonyl (C=O) groups excluding carboxylic acids is 1. The Kier molecular flexibility index (Phi) is 3.99. The Balaban J connectivity index is 1.71. The Morgan fingerprint density at radius 1 is 1.31 bits per heavy atom. The number of nitrogens with one attached hydrogen (secondary N) is 1. The first-order valence-electron chi connectivity index (χ1n) is 8.42. The highest BCUT2D eigenvalue weighted by atomic mass is 32.1. The molecule has 0 unspecified atom stereocenters. The van der Waals surface area contributed by atoms with Gasteiger partial charge in [-0.1, -0.05) is 17.7 Å². The van der Waals surface area contributed by atoms with E-state index in [4.69, 9.17) is 0 Å². The maximum absolute atomic E-state index is 12.8. The summed E-state index contributed by atoms with van der Waals surface area (Å²) >= 11 is 1.11. The summed E-state index contributed by atoms with van der Waals surface area (Å²) in [6.07, 6.45) is 1.61. The van der Waals surface area contributed by atoms with Crippen LogP contribution in [0.5, 0.6) is 0 Å². The lowest BCUT2D eigenvalue weighted by Gasteiger charge is -2.12. The SMILES string of the molecule is Cc1ccc(NC(=O)Cn2c(=O)n(C3CC3)c(=O)c3nscc32)c(C)c1. The molecule has 1 aliphatic carbocycles. The van der Waals surface area contributed by atoms with Crippen LogP contribution in [0.2, 0.25) is 0 Å². The van der Waals surface area contributed by atoms with E-state index in [-0.39, 0.29) is 29.6 Å². The van der Waals surface area contributed by atoms with E-state index in [1.807, 2.05) is 32.0 Å². The summed E-state index contributed by atoms with van der Waals surface area (Å²) in [7, 11) is 0. The van der Waals surface area contributed by atoms with E-state index >= 15 is 0 Å². The number of amides is 1. The normalized spacial score (nSPS) is 13.9. The fraction of sp³-hybridized carbons (Fsp3) is 0.333. The second kappa shape index (κ2) is 6.21. The van der Waals surface area contributed by atoms with Crippen molar-refractivity contribution in [2.45, 2.75) is 39.3 Å². The average Bonchev–Trinajstić information content (AvgIpc) is 3.29. The minimum absolute atomic E-state index is 0.0743. The predicted molar refractivity (Wildman–Crippen MR) is 101 cm³/mol. The van der Waals surface area contributed by atoms with Gasteiger partial charge >= 0.3 is 5.69 Å². The van der Waals surface area contributed by atoms with E-state index in [1.54, 1.807) is 5.38 Å². The molecule has 1 saturated carbocycles. The largest absolute Gasteiger partial charge is 0.332 e. The summed E-state index contributed by atoms with van der Waals surface area (Å²) in [4.78, 5) is 37.8. The molecule has 1 N–H and O–H groups in total. The zero-order valence-electron chi connectivity index (χ0n) is 14.5. The highest BCUT2D eigenvalue weighted by Gasteiger charge is 2.29. The standard InChI is InChI=1S/C18H18N4O3S/c1-10-3-6-13(11(2)7-10)19-15(23)8-21-14-9-26-20-16(14)17(24)22(18(21)25)12-4-5-12/h3,6-7,9,12H,4-5,8H2,1-2H3,(H,19,23). The molecule has 3 aromatic rings. The third kappa shape index (κ3) is 2.86. The Bertz CT molecular complexity index is 1140. The van der Waals surface area contributed by atoms with Crippen LogP contribution in [0.1, 0.15) is 30.0 Å². The number of nitrogens with zero attached hydrogens (tertiary/aromatic N) is 3. The van der Waals surface area contributed by atoms with Crippen molar-refractivity contribution >= 4 is 34.2 Å². The van der Waals surface area contributed by atoms with Gasteiger partial charge in [0, 0.05) is 17.1 Å². The number of carbonyl (C=O) groups is 1. The number of hydrogen-bond acceptors (Lipinski definition) is 5. The van der Waals surface area contributed by atoms with Crippen LogP contribution in [-0.4, -0.2) is 19.4 Å². The molecule has 2 aromatic heterocycles. The average molecular weight is 370 g/mol. The van der Waals surface area contributed by atoms with Crippen LogP contribution in [0.4, 0.5) is 5.69 Å². The number of aromatic nitrogens is 3. The van der Waals surface area contributed by atoms with Gasteiger partial charge < -0.3 is 5.32 Å². The number of anilines is 1. The van der Waals surface area contributed by atoms with Crippen LogP contribution >= 0.6 is 11.5 Å². The van der Waals surface area contributed by atoms with Gasteiger partial charge in [0.15, 0.2) is 5.52 Å². The highest BCUT2D eigenvalue weighted by Crippen LogP contribution is 2.32. The Labute approximate surface area is 153 Å². The van der Waals surface area contributed by atoms with Gasteiger partial charge in [-0.05, 0) is 49.9 Å². The van der Waals surface area contributed by atoms with Crippen molar-refractivity contribution < 1.29 is 4.79 Å². The molecular formula is C18H18N4O3S. The number of hydrogen-bond donors (Lipinski definition) is 1. The van der Waals surface area contributed by atoms with Crippen LogP contribution < -0.4 is 16.6 Å². The first-order valence-corrected chi connectivity index (χ1v) is 9.26. The van der Waals surface area contributed by atoms with E-state index in [2.05, 4.69) is 9.69 Å². The van der Waals surface area contributed by atoms with Crippen LogP contribution in [0.25, 0.3) is 11.0 Å². The third-order valence-corrected chi connectivity index (χ3v) is 5.19. The molecule has 1 aromatic carbocycles. The third-order valence-electron chi connectivity index (χ3n) is 4.57. The molecule has 0 bridgehead atoms. The quantitative estimate of drug-likeness (QED) is 0.763. The molecule has 2 heterocycles. The van der Waals surface area contributed by atoms with Crippen molar-refractivity contribution in [3.05, 3.63) is 55.5 Å². The Morgan fingerprint density at radius 3 is 2.77 bits per heavy atom. The fourth-order valence-electron chi connectivity index (χ4n) is 3.10. The maximum atomic E-state index is 12.8. The van der Waals surface area contributed by atoms with E-state index in [0.717, 1.165) is 35.5 Å². The molecule has 8 heteroatoms. The number of aryl methyl sites for hydroxylation is 2. The minimum atomic E-state index is -0.444. The monoisotopic (exact) mass is 370 g/mol. The van der Waals surface area contributed by atoms with E-state index in [1.165, 1.54) is 9.13 Å². The lowest BCUT2D eigenvalue weighted by Crippen LogP contribution is -2.41. The van der Waals surface area contributed by atoms with Gasteiger partial charge in [0.25, 0.3) is 5.56 Å².